The number of hydrogen-bond acceptors (Lipinski definition) is 7. The molecule has 0 aliphatic carbocycles. The first-order valence-corrected chi connectivity index (χ1v) is 12.9. The van der Waals surface area contributed by atoms with Crippen molar-refractivity contribution in [1.29, 1.82) is 0 Å². The third kappa shape index (κ3) is 9.75. The number of carbonyl (C=O) groups is 3. The summed E-state index contributed by atoms with van der Waals surface area (Å²) in [7, 11) is 0. The molecule has 0 heterocycles. The molecule has 0 radical (unpaired) electrons. The van der Waals surface area contributed by atoms with Gasteiger partial charge in [-0.1, -0.05) is 20.8 Å². The molecule has 0 saturated carbocycles. The van der Waals surface area contributed by atoms with E-state index in [2.05, 4.69) is 0 Å². The predicted octanol–water partition coefficient (Wildman–Crippen LogP) is 5.15. The van der Waals surface area contributed by atoms with Gasteiger partial charge in [0.25, 0.3) is 0 Å². The summed E-state index contributed by atoms with van der Waals surface area (Å²) in [6.07, 6.45) is -4.25. The van der Waals surface area contributed by atoms with Crippen LogP contribution in [0.4, 0.5) is 14.4 Å². The molecular formula is C25H50N4O9. The minimum Gasteiger partial charge on any atom is -0.463 e. The Balaban J connectivity index is 7.60. The second-order valence-electron chi connectivity index (χ2n) is 12.2. The first-order valence-electron chi connectivity index (χ1n) is 12.9. The van der Waals surface area contributed by atoms with Crippen LogP contribution in [0.3, 0.4) is 0 Å². The summed E-state index contributed by atoms with van der Waals surface area (Å²) in [5, 5.41) is 32.7. The normalized spacial score (nSPS) is 16.7. The fraction of sp³-hybridized carbons (Fsp3) is 0.880. The lowest BCUT2D eigenvalue weighted by Gasteiger charge is -2.54. The van der Waals surface area contributed by atoms with E-state index in [4.69, 9.17) is 20.2 Å². The number of amides is 3. The van der Waals surface area contributed by atoms with Crippen molar-refractivity contribution in [3.8, 4) is 0 Å². The summed E-state index contributed by atoms with van der Waals surface area (Å²) in [5.74, 6) is 0. The Bertz CT molecular complexity index is 700. The van der Waals surface area contributed by atoms with Gasteiger partial charge < -0.3 is 21.1 Å². The molecule has 13 heteroatoms. The molecule has 224 valence electrons. The molecule has 0 aliphatic heterocycles. The van der Waals surface area contributed by atoms with Crippen molar-refractivity contribution in [2.24, 2.45) is 5.73 Å². The van der Waals surface area contributed by atoms with Gasteiger partial charge in [-0.25, -0.2) is 14.4 Å². The number of hydrogen-bond donors (Lipinski definition) is 4. The van der Waals surface area contributed by atoms with Crippen LogP contribution in [0.25, 0.3) is 0 Å². The molecule has 0 aromatic carbocycles. The van der Waals surface area contributed by atoms with Gasteiger partial charge in [-0.2, -0.15) is 15.2 Å². The lowest BCUT2D eigenvalue weighted by molar-refractivity contribution is -0.285. The molecule has 13 nitrogen and oxygen atoms in total. The topological polar surface area (TPSA) is 175 Å². The summed E-state index contributed by atoms with van der Waals surface area (Å²) in [6.45, 7) is 19.9. The zero-order chi connectivity index (χ0) is 30.4. The fourth-order valence-electron chi connectivity index (χ4n) is 4.43. The largest absolute Gasteiger partial charge is 0.463 e. The molecule has 3 atom stereocenters. The Labute approximate surface area is 226 Å². The zero-order valence-corrected chi connectivity index (χ0v) is 25.1. The van der Waals surface area contributed by atoms with Gasteiger partial charge in [0, 0.05) is 0 Å². The van der Waals surface area contributed by atoms with Crippen LogP contribution in [-0.4, -0.2) is 89.3 Å². The summed E-state index contributed by atoms with van der Waals surface area (Å²) >= 11 is 0. The monoisotopic (exact) mass is 550 g/mol. The van der Waals surface area contributed by atoms with Gasteiger partial charge in [-0.15, -0.1) is 0 Å². The zero-order valence-electron chi connectivity index (χ0n) is 25.1. The van der Waals surface area contributed by atoms with E-state index in [0.717, 1.165) is 0 Å². The van der Waals surface area contributed by atoms with Crippen molar-refractivity contribution in [3.63, 3.8) is 0 Å². The molecule has 0 spiro atoms. The molecule has 0 aromatic heterocycles. The van der Waals surface area contributed by atoms with Crippen molar-refractivity contribution < 1.29 is 44.2 Å². The third-order valence-corrected chi connectivity index (χ3v) is 5.42. The number of rotatable bonds is 12. The maximum Gasteiger partial charge on any atom is 0.431 e. The molecule has 3 unspecified atom stereocenters. The van der Waals surface area contributed by atoms with Gasteiger partial charge >= 0.3 is 18.3 Å². The van der Waals surface area contributed by atoms with Crippen LogP contribution in [0.5, 0.6) is 0 Å². The first-order chi connectivity index (χ1) is 17.0. The van der Waals surface area contributed by atoms with Crippen LogP contribution in [0.2, 0.25) is 0 Å². The molecule has 0 rings (SSSR count). The molecular weight excluding hydrogens is 500 g/mol. The van der Waals surface area contributed by atoms with Gasteiger partial charge in [0.1, 0.15) is 0 Å². The summed E-state index contributed by atoms with van der Waals surface area (Å²) in [5.41, 5.74) is 2.34. The van der Waals surface area contributed by atoms with Gasteiger partial charge in [0.2, 0.25) is 0 Å². The van der Waals surface area contributed by atoms with Crippen molar-refractivity contribution in [2.45, 2.75) is 143 Å². The fourth-order valence-corrected chi connectivity index (χ4v) is 4.43. The van der Waals surface area contributed by atoms with Crippen LogP contribution in [0, 0.1) is 0 Å². The Morgan fingerprint density at radius 1 is 0.579 bits per heavy atom. The van der Waals surface area contributed by atoms with Gasteiger partial charge in [0.15, 0.2) is 0 Å². The van der Waals surface area contributed by atoms with Crippen molar-refractivity contribution in [1.82, 2.24) is 15.2 Å². The standard InChI is InChI=1S/C25H50N4O9/c1-13-16(27(19(30)31)36-22(4,5)6)25(26,17(14-2)28(20(32)33)37-23(7,8)9)18(15-3)29(21(34)35)38-24(10,11)12/h16-18H,13-15,26H2,1-12H3,(H,30,31)(H,32,33)(H,34,35). The van der Waals surface area contributed by atoms with E-state index >= 15 is 0 Å². The number of nitrogens with two attached hydrogens (primary N) is 1. The van der Waals surface area contributed by atoms with Gasteiger partial charge in [0.05, 0.1) is 40.5 Å². The number of carboxylic acid groups (broad SMARTS) is 3. The van der Waals surface area contributed by atoms with Crippen molar-refractivity contribution in [2.75, 3.05) is 0 Å². The number of nitrogens with zero attached hydrogens (tertiary/aromatic N) is 3. The third-order valence-electron chi connectivity index (χ3n) is 5.42. The molecule has 0 aliphatic rings. The maximum absolute atomic E-state index is 12.5. The highest BCUT2D eigenvalue weighted by molar-refractivity contribution is 5.67. The van der Waals surface area contributed by atoms with Crippen molar-refractivity contribution >= 4 is 18.3 Å². The van der Waals surface area contributed by atoms with Crippen LogP contribution < -0.4 is 5.73 Å². The molecule has 3 amide bonds. The second kappa shape index (κ2) is 13.1. The van der Waals surface area contributed by atoms with E-state index in [1.165, 1.54) is 0 Å². The highest BCUT2D eigenvalue weighted by Crippen LogP contribution is 2.37. The molecule has 5 N–H and O–H groups in total. The highest BCUT2D eigenvalue weighted by atomic mass is 16.7. The van der Waals surface area contributed by atoms with Crippen molar-refractivity contribution in [3.05, 3.63) is 0 Å². The first kappa shape index (κ1) is 35.6. The lowest BCUT2D eigenvalue weighted by atomic mass is 9.73. The summed E-state index contributed by atoms with van der Waals surface area (Å²) in [4.78, 5) is 55.0. The smallest absolute Gasteiger partial charge is 0.431 e. The lowest BCUT2D eigenvalue weighted by Crippen LogP contribution is -2.78. The van der Waals surface area contributed by atoms with E-state index in [0.29, 0.717) is 15.2 Å². The Kier molecular flexibility index (Phi) is 12.3. The minimum atomic E-state index is -1.92. The van der Waals surface area contributed by atoms with E-state index in [1.54, 1.807) is 83.1 Å². The molecule has 0 bridgehead atoms. The Morgan fingerprint density at radius 3 is 0.868 bits per heavy atom. The molecule has 0 fully saturated rings. The highest BCUT2D eigenvalue weighted by Gasteiger charge is 2.58. The van der Waals surface area contributed by atoms with E-state index < -0.39 is 58.7 Å². The number of hydroxylamine groups is 6. The quantitative estimate of drug-likeness (QED) is 0.238. The SMILES string of the molecule is CCC(N(OC(C)(C)C)C(=O)O)C(N)(C(CC)N(OC(C)(C)C)C(=O)O)C(CC)N(OC(C)(C)C)C(=O)O. The van der Waals surface area contributed by atoms with E-state index in [9.17, 15) is 29.7 Å². The Hall–Kier alpha value is -2.35. The molecule has 38 heavy (non-hydrogen) atoms. The summed E-state index contributed by atoms with van der Waals surface area (Å²) < 4.78 is 0. The van der Waals surface area contributed by atoms with Gasteiger partial charge in [-0.3, -0.25) is 14.5 Å². The predicted molar refractivity (Wildman–Crippen MR) is 141 cm³/mol. The van der Waals surface area contributed by atoms with Crippen LogP contribution in [0.15, 0.2) is 0 Å². The Morgan fingerprint density at radius 2 is 0.763 bits per heavy atom. The van der Waals surface area contributed by atoms with E-state index in [1.807, 2.05) is 0 Å². The summed E-state index contributed by atoms with van der Waals surface area (Å²) in [6, 6.07) is -3.69. The molecule has 0 saturated heterocycles. The minimum absolute atomic E-state index is 0.0534. The van der Waals surface area contributed by atoms with Crippen LogP contribution in [-0.2, 0) is 14.5 Å². The maximum atomic E-state index is 12.5. The second-order valence-corrected chi connectivity index (χ2v) is 12.2. The van der Waals surface area contributed by atoms with E-state index in [-0.39, 0.29) is 19.3 Å². The average molecular weight is 551 g/mol. The van der Waals surface area contributed by atoms with Gasteiger partial charge in [-0.05, 0) is 81.6 Å². The van der Waals surface area contributed by atoms with Crippen LogP contribution in [0.1, 0.15) is 102 Å². The van der Waals surface area contributed by atoms with Crippen LogP contribution >= 0.6 is 0 Å². The molecule has 0 aromatic rings. The average Bonchev–Trinajstić information content (AvgIpc) is 2.70.